The largest absolute Gasteiger partial charge is 0.480 e. The first-order valence-corrected chi connectivity index (χ1v) is 6.59. The van der Waals surface area contributed by atoms with Crippen molar-refractivity contribution < 1.29 is 9.47 Å². The number of nitrogens with zero attached hydrogens (tertiary/aromatic N) is 2. The lowest BCUT2D eigenvalue weighted by atomic mass is 9.97. The number of aromatic nitrogens is 2. The van der Waals surface area contributed by atoms with Gasteiger partial charge in [-0.05, 0) is 25.0 Å². The standard InChI is InChI=1S/C15H20N4O2/c1-9-5-6-11(10(2)7-9)13(19-16)14-15(21-4)18-12(20-3)8-17-14/h5-8,13,19H,16H2,1-4H3. The molecule has 21 heavy (non-hydrogen) atoms. The molecule has 112 valence electrons. The van der Waals surface area contributed by atoms with Crippen molar-refractivity contribution in [3.63, 3.8) is 0 Å². The highest BCUT2D eigenvalue weighted by atomic mass is 16.5. The molecule has 6 heteroatoms. The van der Waals surface area contributed by atoms with Gasteiger partial charge >= 0.3 is 0 Å². The van der Waals surface area contributed by atoms with Gasteiger partial charge in [0.25, 0.3) is 0 Å². The zero-order valence-corrected chi connectivity index (χ0v) is 12.7. The molecule has 0 amide bonds. The van der Waals surface area contributed by atoms with Gasteiger partial charge in [0.05, 0.1) is 26.5 Å². The van der Waals surface area contributed by atoms with Gasteiger partial charge in [-0.15, -0.1) is 0 Å². The third-order valence-electron chi connectivity index (χ3n) is 3.32. The van der Waals surface area contributed by atoms with Crippen LogP contribution in [0.15, 0.2) is 24.4 Å². The lowest BCUT2D eigenvalue weighted by molar-refractivity contribution is 0.352. The summed E-state index contributed by atoms with van der Waals surface area (Å²) < 4.78 is 10.4. The number of hydrogen-bond acceptors (Lipinski definition) is 6. The quantitative estimate of drug-likeness (QED) is 0.643. The third kappa shape index (κ3) is 3.12. The predicted molar refractivity (Wildman–Crippen MR) is 80.2 cm³/mol. The molecule has 3 N–H and O–H groups in total. The van der Waals surface area contributed by atoms with Gasteiger partial charge in [0, 0.05) is 0 Å². The van der Waals surface area contributed by atoms with Crippen LogP contribution >= 0.6 is 0 Å². The Morgan fingerprint density at radius 2 is 1.95 bits per heavy atom. The first kappa shape index (κ1) is 15.2. The van der Waals surface area contributed by atoms with E-state index in [1.807, 2.05) is 19.1 Å². The highest BCUT2D eigenvalue weighted by molar-refractivity contribution is 5.40. The van der Waals surface area contributed by atoms with Crippen LogP contribution in [0.5, 0.6) is 11.8 Å². The van der Waals surface area contributed by atoms with Crippen LogP contribution in [-0.4, -0.2) is 24.2 Å². The number of rotatable bonds is 5. The predicted octanol–water partition coefficient (Wildman–Crippen LogP) is 1.66. The number of ether oxygens (including phenoxy) is 2. The molecule has 1 atom stereocenters. The summed E-state index contributed by atoms with van der Waals surface area (Å²) in [6.45, 7) is 4.09. The van der Waals surface area contributed by atoms with Gasteiger partial charge in [0.2, 0.25) is 11.8 Å². The molecule has 0 saturated heterocycles. The lowest BCUT2D eigenvalue weighted by Gasteiger charge is -2.20. The molecule has 0 bridgehead atoms. The Kier molecular flexibility index (Phi) is 4.72. The number of benzene rings is 1. The van der Waals surface area contributed by atoms with Crippen molar-refractivity contribution in [1.82, 2.24) is 15.4 Å². The Morgan fingerprint density at radius 1 is 1.19 bits per heavy atom. The summed E-state index contributed by atoms with van der Waals surface area (Å²) in [6, 6.07) is 5.86. The van der Waals surface area contributed by atoms with Gasteiger partial charge in [-0.25, -0.2) is 10.4 Å². The Labute approximate surface area is 124 Å². The first-order valence-electron chi connectivity index (χ1n) is 6.59. The number of nitrogens with one attached hydrogen (secondary N) is 1. The molecular formula is C15H20N4O2. The minimum atomic E-state index is -0.307. The molecule has 1 aromatic carbocycles. The van der Waals surface area contributed by atoms with Gasteiger partial charge in [0.1, 0.15) is 5.69 Å². The lowest BCUT2D eigenvalue weighted by Crippen LogP contribution is -2.30. The smallest absolute Gasteiger partial charge is 0.240 e. The van der Waals surface area contributed by atoms with Gasteiger partial charge < -0.3 is 9.47 Å². The van der Waals surface area contributed by atoms with Crippen LogP contribution in [0.1, 0.15) is 28.4 Å². The molecule has 0 aliphatic heterocycles. The van der Waals surface area contributed by atoms with E-state index < -0.39 is 0 Å². The molecule has 0 aliphatic carbocycles. The van der Waals surface area contributed by atoms with E-state index in [2.05, 4.69) is 28.4 Å². The van der Waals surface area contributed by atoms with Gasteiger partial charge in [-0.3, -0.25) is 5.84 Å². The second-order valence-corrected chi connectivity index (χ2v) is 4.77. The second kappa shape index (κ2) is 6.51. The van der Waals surface area contributed by atoms with Crippen LogP contribution in [0.3, 0.4) is 0 Å². The van der Waals surface area contributed by atoms with E-state index in [0.717, 1.165) is 11.1 Å². The monoisotopic (exact) mass is 288 g/mol. The average molecular weight is 288 g/mol. The zero-order valence-electron chi connectivity index (χ0n) is 12.7. The maximum absolute atomic E-state index is 5.73. The molecule has 0 fully saturated rings. The number of hydrogen-bond donors (Lipinski definition) is 2. The fraction of sp³-hybridized carbons (Fsp3) is 0.333. The van der Waals surface area contributed by atoms with Crippen molar-refractivity contribution in [1.29, 1.82) is 0 Å². The molecule has 2 aromatic rings. The molecule has 1 aromatic heterocycles. The van der Waals surface area contributed by atoms with Gasteiger partial charge in [-0.2, -0.15) is 4.98 Å². The Balaban J connectivity index is 2.50. The molecular weight excluding hydrogens is 268 g/mol. The van der Waals surface area contributed by atoms with Crippen LogP contribution < -0.4 is 20.7 Å². The Bertz CT molecular complexity index is 631. The van der Waals surface area contributed by atoms with Crippen molar-refractivity contribution in [3.8, 4) is 11.8 Å². The van der Waals surface area contributed by atoms with Crippen molar-refractivity contribution in [2.24, 2.45) is 5.84 Å². The second-order valence-electron chi connectivity index (χ2n) is 4.77. The molecule has 1 heterocycles. The highest BCUT2D eigenvalue weighted by Gasteiger charge is 2.22. The van der Waals surface area contributed by atoms with E-state index in [1.54, 1.807) is 13.3 Å². The van der Waals surface area contributed by atoms with E-state index in [0.29, 0.717) is 17.5 Å². The van der Waals surface area contributed by atoms with Crippen LogP contribution in [0.25, 0.3) is 0 Å². The van der Waals surface area contributed by atoms with Crippen LogP contribution in [0.4, 0.5) is 0 Å². The van der Waals surface area contributed by atoms with E-state index in [9.17, 15) is 0 Å². The topological polar surface area (TPSA) is 82.3 Å². The summed E-state index contributed by atoms with van der Waals surface area (Å²) in [5.74, 6) is 6.52. The normalized spacial score (nSPS) is 12.0. The Hall–Kier alpha value is -2.18. The van der Waals surface area contributed by atoms with E-state index in [-0.39, 0.29) is 6.04 Å². The minimum absolute atomic E-state index is 0.307. The van der Waals surface area contributed by atoms with E-state index >= 15 is 0 Å². The van der Waals surface area contributed by atoms with Gasteiger partial charge in [-0.1, -0.05) is 23.8 Å². The summed E-state index contributed by atoms with van der Waals surface area (Å²) in [5.41, 5.74) is 6.75. The summed E-state index contributed by atoms with van der Waals surface area (Å²) in [6.07, 6.45) is 1.55. The van der Waals surface area contributed by atoms with Crippen molar-refractivity contribution in [2.75, 3.05) is 14.2 Å². The maximum atomic E-state index is 5.73. The molecule has 0 spiro atoms. The maximum Gasteiger partial charge on any atom is 0.240 e. The number of hydrazine groups is 1. The molecule has 1 unspecified atom stereocenters. The zero-order chi connectivity index (χ0) is 15.4. The summed E-state index contributed by atoms with van der Waals surface area (Å²) in [7, 11) is 3.08. The van der Waals surface area contributed by atoms with Crippen molar-refractivity contribution in [3.05, 3.63) is 46.8 Å². The van der Waals surface area contributed by atoms with Crippen LogP contribution in [0.2, 0.25) is 0 Å². The summed E-state index contributed by atoms with van der Waals surface area (Å²) >= 11 is 0. The molecule has 6 nitrogen and oxygen atoms in total. The van der Waals surface area contributed by atoms with Crippen LogP contribution in [0, 0.1) is 13.8 Å². The number of aryl methyl sites for hydroxylation is 2. The van der Waals surface area contributed by atoms with Gasteiger partial charge in [0.15, 0.2) is 0 Å². The van der Waals surface area contributed by atoms with E-state index in [4.69, 9.17) is 15.3 Å². The highest BCUT2D eigenvalue weighted by Crippen LogP contribution is 2.29. The minimum Gasteiger partial charge on any atom is -0.480 e. The fourth-order valence-corrected chi connectivity index (χ4v) is 2.28. The Morgan fingerprint density at radius 3 is 2.52 bits per heavy atom. The number of nitrogens with two attached hydrogens (primary N) is 1. The van der Waals surface area contributed by atoms with E-state index in [1.165, 1.54) is 12.7 Å². The summed E-state index contributed by atoms with van der Waals surface area (Å²) in [4.78, 5) is 8.63. The first-order chi connectivity index (χ1) is 10.1. The number of methoxy groups -OCH3 is 2. The third-order valence-corrected chi connectivity index (χ3v) is 3.32. The van der Waals surface area contributed by atoms with Crippen molar-refractivity contribution >= 4 is 0 Å². The molecule has 0 saturated carbocycles. The van der Waals surface area contributed by atoms with Crippen LogP contribution in [-0.2, 0) is 0 Å². The SMILES string of the molecule is COc1cnc(C(NN)c2ccc(C)cc2C)c(OC)n1. The average Bonchev–Trinajstić information content (AvgIpc) is 2.50. The molecule has 2 rings (SSSR count). The summed E-state index contributed by atoms with van der Waals surface area (Å²) in [5, 5.41) is 0. The van der Waals surface area contributed by atoms with Crippen molar-refractivity contribution in [2.45, 2.75) is 19.9 Å². The fourth-order valence-electron chi connectivity index (χ4n) is 2.28. The molecule has 0 aliphatic rings. The molecule has 0 radical (unpaired) electrons.